The number of thiophene rings is 1. The number of hydrogen-bond acceptors (Lipinski definition) is 6. The van der Waals surface area contributed by atoms with Crippen LogP contribution in [0, 0.1) is 17.0 Å². The molecule has 0 unspecified atom stereocenters. The summed E-state index contributed by atoms with van der Waals surface area (Å²) < 4.78 is 35.9. The minimum absolute atomic E-state index is 0.102. The van der Waals surface area contributed by atoms with Gasteiger partial charge in [-0.1, -0.05) is 12.1 Å². The highest BCUT2D eigenvalue weighted by molar-refractivity contribution is 7.22. The van der Waals surface area contributed by atoms with E-state index in [1.165, 1.54) is 52.6 Å². The van der Waals surface area contributed by atoms with Crippen molar-refractivity contribution in [3.63, 3.8) is 0 Å². The number of ether oxygens (including phenoxy) is 1. The number of primary amides is 1. The smallest absolute Gasteiger partial charge is 0.251 e. The summed E-state index contributed by atoms with van der Waals surface area (Å²) in [4.78, 5) is 44.2. The number of nitrogens with zero attached hydrogens (tertiary/aromatic N) is 2. The van der Waals surface area contributed by atoms with Gasteiger partial charge in [0.25, 0.3) is 5.91 Å². The fraction of sp³-hybridized carbons (Fsp3) is 0.125. The Morgan fingerprint density at radius 3 is 2.37 bits per heavy atom. The lowest BCUT2D eigenvalue weighted by molar-refractivity contribution is -0.133. The molecule has 6 rings (SSSR count). The first-order valence-electron chi connectivity index (χ1n) is 13.3. The normalized spacial score (nSPS) is 13.4. The number of benzene rings is 3. The number of fused-ring (bicyclic) bond motifs is 1. The second-order valence-electron chi connectivity index (χ2n) is 10.1. The molecular weight excluding hydrogens is 574 g/mol. The number of carbonyl (C=O) groups excluding carboxylic acids is 3. The molecule has 216 valence electrons. The van der Waals surface area contributed by atoms with Crippen LogP contribution in [-0.4, -0.2) is 29.8 Å². The van der Waals surface area contributed by atoms with Crippen LogP contribution in [0.15, 0.2) is 85.1 Å². The Balaban J connectivity index is 1.33. The first kappa shape index (κ1) is 28.0. The number of pyridine rings is 1. The molecule has 0 atom stereocenters. The molecule has 0 aliphatic heterocycles. The van der Waals surface area contributed by atoms with Crippen molar-refractivity contribution in [2.24, 2.45) is 11.1 Å². The zero-order chi connectivity index (χ0) is 30.3. The van der Waals surface area contributed by atoms with Crippen LogP contribution in [0.2, 0.25) is 0 Å². The molecule has 1 aliphatic carbocycles. The Labute approximate surface area is 248 Å². The van der Waals surface area contributed by atoms with E-state index in [2.05, 4.69) is 10.3 Å². The molecule has 43 heavy (non-hydrogen) atoms. The van der Waals surface area contributed by atoms with Gasteiger partial charge in [0.15, 0.2) is 11.6 Å². The van der Waals surface area contributed by atoms with Crippen LogP contribution in [0.5, 0.6) is 11.5 Å². The van der Waals surface area contributed by atoms with E-state index in [1.54, 1.807) is 37.5 Å². The van der Waals surface area contributed by atoms with Crippen LogP contribution in [0.25, 0.3) is 20.7 Å². The molecule has 2 aromatic heterocycles. The number of halogens is 2. The van der Waals surface area contributed by atoms with Crippen molar-refractivity contribution in [2.45, 2.75) is 12.8 Å². The fourth-order valence-corrected chi connectivity index (χ4v) is 5.87. The van der Waals surface area contributed by atoms with Crippen LogP contribution in [-0.2, 0) is 9.59 Å². The highest BCUT2D eigenvalue weighted by atomic mass is 32.1. The summed E-state index contributed by atoms with van der Waals surface area (Å²) in [7, 11) is 1.57. The molecule has 8 nitrogen and oxygen atoms in total. The van der Waals surface area contributed by atoms with Crippen molar-refractivity contribution < 1.29 is 27.9 Å². The largest absolute Gasteiger partial charge is 0.453 e. The van der Waals surface area contributed by atoms with E-state index in [0.29, 0.717) is 21.5 Å². The summed E-state index contributed by atoms with van der Waals surface area (Å²) in [5.41, 5.74) is 6.51. The van der Waals surface area contributed by atoms with Gasteiger partial charge in [-0.3, -0.25) is 24.3 Å². The molecule has 5 aromatic rings. The molecular formula is C32H24F2N4O4S. The van der Waals surface area contributed by atoms with Crippen molar-refractivity contribution in [1.82, 2.24) is 10.3 Å². The Kier molecular flexibility index (Phi) is 7.10. The van der Waals surface area contributed by atoms with Crippen LogP contribution < -0.4 is 20.7 Å². The maximum Gasteiger partial charge on any atom is 0.251 e. The zero-order valence-corrected chi connectivity index (χ0v) is 23.6. The Morgan fingerprint density at radius 2 is 1.70 bits per heavy atom. The summed E-state index contributed by atoms with van der Waals surface area (Å²) in [6.07, 6.45) is 2.11. The van der Waals surface area contributed by atoms with Gasteiger partial charge >= 0.3 is 0 Å². The highest BCUT2D eigenvalue weighted by Gasteiger charge is 2.57. The van der Waals surface area contributed by atoms with Gasteiger partial charge in [-0.15, -0.1) is 11.3 Å². The lowest BCUT2D eigenvalue weighted by Crippen LogP contribution is -2.41. The fourth-order valence-electron chi connectivity index (χ4n) is 4.80. The molecule has 0 saturated heterocycles. The van der Waals surface area contributed by atoms with Gasteiger partial charge in [0.1, 0.15) is 17.0 Å². The average molecular weight is 599 g/mol. The lowest BCUT2D eigenvalue weighted by Gasteiger charge is -2.26. The summed E-state index contributed by atoms with van der Waals surface area (Å²) >= 11 is 1.38. The van der Waals surface area contributed by atoms with Crippen molar-refractivity contribution >= 4 is 50.6 Å². The first-order valence-corrected chi connectivity index (χ1v) is 14.1. The molecule has 11 heteroatoms. The highest BCUT2D eigenvalue weighted by Crippen LogP contribution is 2.49. The third kappa shape index (κ3) is 5.19. The maximum absolute atomic E-state index is 15.6. The van der Waals surface area contributed by atoms with Gasteiger partial charge < -0.3 is 15.8 Å². The van der Waals surface area contributed by atoms with Crippen LogP contribution in [0.4, 0.5) is 20.2 Å². The van der Waals surface area contributed by atoms with E-state index in [4.69, 9.17) is 10.5 Å². The van der Waals surface area contributed by atoms with Crippen molar-refractivity contribution in [1.29, 1.82) is 0 Å². The molecule has 1 saturated carbocycles. The third-order valence-corrected chi connectivity index (χ3v) is 8.51. The minimum atomic E-state index is -1.39. The van der Waals surface area contributed by atoms with E-state index in [-0.39, 0.29) is 35.9 Å². The number of rotatable bonds is 8. The van der Waals surface area contributed by atoms with Gasteiger partial charge in [0.2, 0.25) is 11.8 Å². The second-order valence-corrected chi connectivity index (χ2v) is 11.1. The Bertz CT molecular complexity index is 1900. The molecule has 0 spiro atoms. The standard InChI is InChI=1S/C32H24F2N4O4S/c1-36-29(39)19-4-2-3-18(15-19)27-17-24-28(43-27)26(11-14-37-24)42-25-10-9-22(16-23(25)34)38(21-7-5-20(33)6-8-21)31(41)32(12-13-32)30(35)40/h2-11,14-17H,12-13H2,1H3,(H2,35,40)(H,36,39). The molecule has 1 fully saturated rings. The van der Waals surface area contributed by atoms with E-state index in [1.807, 2.05) is 12.1 Å². The molecule has 0 bridgehead atoms. The zero-order valence-electron chi connectivity index (χ0n) is 22.8. The molecule has 3 amide bonds. The van der Waals surface area contributed by atoms with Crippen LogP contribution >= 0.6 is 11.3 Å². The SMILES string of the molecule is CNC(=O)c1cccc(-c2cc3nccc(Oc4ccc(N(C(=O)C5(C(N)=O)CC5)c5ccc(F)cc5)cc4F)c3s2)c1. The molecule has 2 heterocycles. The van der Waals surface area contributed by atoms with Crippen molar-refractivity contribution in [3.8, 4) is 21.9 Å². The topological polar surface area (TPSA) is 115 Å². The van der Waals surface area contributed by atoms with E-state index >= 15 is 4.39 Å². The number of nitrogens with two attached hydrogens (primary N) is 1. The summed E-state index contributed by atoms with van der Waals surface area (Å²) in [6.45, 7) is 0. The second kappa shape index (κ2) is 10.9. The van der Waals surface area contributed by atoms with Gasteiger partial charge in [0, 0.05) is 41.5 Å². The first-order chi connectivity index (χ1) is 20.7. The summed E-state index contributed by atoms with van der Waals surface area (Å²) in [6, 6.07) is 19.7. The van der Waals surface area contributed by atoms with Gasteiger partial charge in [-0.05, 0) is 73.0 Å². The number of nitrogens with one attached hydrogen (secondary N) is 1. The Morgan fingerprint density at radius 1 is 0.953 bits per heavy atom. The Hall–Kier alpha value is -5.16. The van der Waals surface area contributed by atoms with E-state index in [9.17, 15) is 18.8 Å². The lowest BCUT2D eigenvalue weighted by atomic mass is 10.0. The maximum atomic E-state index is 15.6. The summed E-state index contributed by atoms with van der Waals surface area (Å²) in [5, 5.41) is 2.61. The third-order valence-electron chi connectivity index (χ3n) is 7.32. The molecule has 0 radical (unpaired) electrons. The number of hydrogen-bond donors (Lipinski definition) is 2. The molecule has 3 aromatic carbocycles. The quantitative estimate of drug-likeness (QED) is 0.203. The predicted molar refractivity (Wildman–Crippen MR) is 159 cm³/mol. The van der Waals surface area contributed by atoms with Crippen LogP contribution in [0.3, 0.4) is 0 Å². The predicted octanol–water partition coefficient (Wildman–Crippen LogP) is 6.32. The monoisotopic (exact) mass is 598 g/mol. The number of aromatic nitrogens is 1. The minimum Gasteiger partial charge on any atom is -0.453 e. The van der Waals surface area contributed by atoms with E-state index in [0.717, 1.165) is 16.5 Å². The number of anilines is 2. The summed E-state index contributed by atoms with van der Waals surface area (Å²) in [5.74, 6) is -2.58. The number of carbonyl (C=O) groups is 3. The van der Waals surface area contributed by atoms with Gasteiger partial charge in [0.05, 0.1) is 15.9 Å². The number of amides is 3. The van der Waals surface area contributed by atoms with Crippen molar-refractivity contribution in [3.05, 3.63) is 102 Å². The average Bonchev–Trinajstić information content (AvgIpc) is 3.72. The molecule has 3 N–H and O–H groups in total. The van der Waals surface area contributed by atoms with E-state index < -0.39 is 28.9 Å². The molecule has 1 aliphatic rings. The van der Waals surface area contributed by atoms with Gasteiger partial charge in [-0.2, -0.15) is 0 Å². The van der Waals surface area contributed by atoms with Gasteiger partial charge in [-0.25, -0.2) is 8.78 Å². The van der Waals surface area contributed by atoms with Crippen LogP contribution in [0.1, 0.15) is 23.2 Å². The van der Waals surface area contributed by atoms with Crippen molar-refractivity contribution in [2.75, 3.05) is 11.9 Å².